The monoisotopic (exact) mass is 446 g/mol. The van der Waals surface area contributed by atoms with Gasteiger partial charge in [0.1, 0.15) is 18.7 Å². The Kier molecular flexibility index (Phi) is 8.60. The van der Waals surface area contributed by atoms with Crippen molar-refractivity contribution in [2.45, 2.75) is 31.3 Å². The Morgan fingerprint density at radius 2 is 2.00 bits per heavy atom. The predicted molar refractivity (Wildman–Crippen MR) is 117 cm³/mol. The van der Waals surface area contributed by atoms with Gasteiger partial charge in [0.15, 0.2) is 0 Å². The lowest BCUT2D eigenvalue weighted by Crippen LogP contribution is -2.43. The van der Waals surface area contributed by atoms with E-state index in [2.05, 4.69) is 15.2 Å². The van der Waals surface area contributed by atoms with E-state index in [1.54, 1.807) is 6.20 Å². The zero-order valence-electron chi connectivity index (χ0n) is 17.9. The van der Waals surface area contributed by atoms with E-state index in [1.807, 2.05) is 24.3 Å². The molecule has 0 bridgehead atoms. The molecule has 1 amide bonds. The van der Waals surface area contributed by atoms with E-state index in [1.165, 1.54) is 0 Å². The topological polar surface area (TPSA) is 147 Å². The Morgan fingerprint density at radius 1 is 1.25 bits per heavy atom. The van der Waals surface area contributed by atoms with Gasteiger partial charge in [-0.05, 0) is 18.1 Å². The highest BCUT2D eigenvalue weighted by Gasteiger charge is 2.23. The molecule has 0 saturated carbocycles. The van der Waals surface area contributed by atoms with E-state index >= 15 is 0 Å². The second-order valence-electron chi connectivity index (χ2n) is 7.79. The van der Waals surface area contributed by atoms with Gasteiger partial charge in [-0.25, -0.2) is 4.79 Å². The number of amides is 1. The average molecular weight is 447 g/mol. The molecule has 2 heterocycles. The van der Waals surface area contributed by atoms with Crippen molar-refractivity contribution in [2.75, 3.05) is 39.5 Å². The first-order valence-corrected chi connectivity index (χ1v) is 10.7. The predicted octanol–water partition coefficient (Wildman–Crippen LogP) is 0.263. The molecule has 0 aliphatic carbocycles. The summed E-state index contributed by atoms with van der Waals surface area (Å²) in [4.78, 5) is 41.2. The summed E-state index contributed by atoms with van der Waals surface area (Å²) in [6, 6.07) is 5.52. The van der Waals surface area contributed by atoms with E-state index in [0.29, 0.717) is 19.8 Å². The van der Waals surface area contributed by atoms with Crippen molar-refractivity contribution in [1.82, 2.24) is 15.2 Å². The molecule has 1 aliphatic rings. The zero-order valence-corrected chi connectivity index (χ0v) is 17.9. The van der Waals surface area contributed by atoms with Crippen molar-refractivity contribution in [3.63, 3.8) is 0 Å². The number of carboxylic acids is 1. The largest absolute Gasteiger partial charge is 0.480 e. The number of fused-ring (bicyclic) bond motifs is 1. The number of benzene rings is 1. The summed E-state index contributed by atoms with van der Waals surface area (Å²) in [5, 5.41) is 13.0. The van der Waals surface area contributed by atoms with E-state index in [4.69, 9.17) is 15.2 Å². The summed E-state index contributed by atoms with van der Waals surface area (Å²) in [5.41, 5.74) is 7.54. The highest BCUT2D eigenvalue weighted by atomic mass is 16.5. The molecule has 10 heteroatoms. The number of nitrogens with two attached hydrogens (primary N) is 1. The molecular formula is C22H30N4O6. The van der Waals surface area contributed by atoms with Crippen LogP contribution in [0, 0.1) is 0 Å². The summed E-state index contributed by atoms with van der Waals surface area (Å²) >= 11 is 0. The summed E-state index contributed by atoms with van der Waals surface area (Å²) in [6.07, 6.45) is 1.88. The van der Waals surface area contributed by atoms with Gasteiger partial charge in [0.25, 0.3) is 0 Å². The Bertz CT molecular complexity index is 924. The number of ether oxygens (including phenoxy) is 2. The van der Waals surface area contributed by atoms with Crippen molar-refractivity contribution < 1.29 is 29.0 Å². The second-order valence-corrected chi connectivity index (χ2v) is 7.79. The van der Waals surface area contributed by atoms with Crippen LogP contribution in [-0.4, -0.2) is 84.4 Å². The minimum Gasteiger partial charge on any atom is -0.480 e. The molecule has 1 aromatic heterocycles. The molecule has 0 unspecified atom stereocenters. The van der Waals surface area contributed by atoms with Gasteiger partial charge in [0, 0.05) is 49.6 Å². The number of aromatic amines is 1. The second kappa shape index (κ2) is 11.6. The van der Waals surface area contributed by atoms with Gasteiger partial charge in [-0.1, -0.05) is 18.2 Å². The minimum absolute atomic E-state index is 0.0711. The lowest BCUT2D eigenvalue weighted by molar-refractivity contribution is -0.146. The van der Waals surface area contributed by atoms with Gasteiger partial charge >= 0.3 is 11.9 Å². The van der Waals surface area contributed by atoms with Crippen LogP contribution in [0.15, 0.2) is 30.5 Å². The number of hydrogen-bond donors (Lipinski definition) is 4. The van der Waals surface area contributed by atoms with Gasteiger partial charge in [-0.15, -0.1) is 0 Å². The average Bonchev–Trinajstić information content (AvgIpc) is 3.20. The molecule has 10 nitrogen and oxygen atoms in total. The number of esters is 1. The number of aromatic nitrogens is 1. The number of carbonyl (C=O) groups is 3. The fourth-order valence-electron chi connectivity index (χ4n) is 3.60. The van der Waals surface area contributed by atoms with Crippen LogP contribution in [0.5, 0.6) is 0 Å². The number of carbonyl (C=O) groups excluding carboxylic acids is 2. The third-order valence-electron chi connectivity index (χ3n) is 5.47. The van der Waals surface area contributed by atoms with E-state index in [9.17, 15) is 19.5 Å². The smallest absolute Gasteiger partial charge is 0.326 e. The number of morpholine rings is 1. The van der Waals surface area contributed by atoms with Crippen molar-refractivity contribution in [1.29, 1.82) is 0 Å². The first-order chi connectivity index (χ1) is 15.4. The number of carboxylic acid groups (broad SMARTS) is 1. The van der Waals surface area contributed by atoms with Gasteiger partial charge < -0.3 is 30.6 Å². The molecule has 0 spiro atoms. The maximum Gasteiger partial charge on any atom is 0.326 e. The minimum atomic E-state index is -1.13. The van der Waals surface area contributed by atoms with E-state index < -0.39 is 29.9 Å². The molecular weight excluding hydrogens is 416 g/mol. The molecule has 32 heavy (non-hydrogen) atoms. The number of aliphatic carboxylic acids is 1. The van der Waals surface area contributed by atoms with Crippen molar-refractivity contribution in [3.05, 3.63) is 36.0 Å². The standard InChI is InChI=1S/C22H30N4O6/c23-17(22(30)32-12-9-26-7-10-31-11-8-26)5-6-20(27)25-19(21(28)29)13-15-14-24-18-4-2-1-3-16(15)18/h1-4,14,17,19,24H,5-13,23H2,(H,25,27)(H,28,29)/t17-,19-/m1/s1. The fraction of sp³-hybridized carbons (Fsp3) is 0.500. The van der Waals surface area contributed by atoms with Crippen LogP contribution >= 0.6 is 0 Å². The van der Waals surface area contributed by atoms with E-state index in [0.717, 1.165) is 29.6 Å². The molecule has 5 N–H and O–H groups in total. The van der Waals surface area contributed by atoms with Gasteiger partial charge in [-0.2, -0.15) is 0 Å². The first kappa shape index (κ1) is 23.7. The Balaban J connectivity index is 1.41. The third-order valence-corrected chi connectivity index (χ3v) is 5.47. The number of nitrogens with one attached hydrogen (secondary N) is 2. The molecule has 0 radical (unpaired) electrons. The first-order valence-electron chi connectivity index (χ1n) is 10.7. The van der Waals surface area contributed by atoms with Gasteiger partial charge in [-0.3, -0.25) is 14.5 Å². The van der Waals surface area contributed by atoms with Crippen LogP contribution in [-0.2, 0) is 30.3 Å². The number of hydrogen-bond acceptors (Lipinski definition) is 7. The highest BCUT2D eigenvalue weighted by Crippen LogP contribution is 2.19. The molecule has 3 rings (SSSR count). The number of para-hydroxylation sites is 1. The maximum absolute atomic E-state index is 12.3. The normalized spacial score (nSPS) is 16.4. The zero-order chi connectivity index (χ0) is 22.9. The molecule has 1 aromatic carbocycles. The lowest BCUT2D eigenvalue weighted by atomic mass is 10.0. The van der Waals surface area contributed by atoms with Crippen LogP contribution in [0.1, 0.15) is 18.4 Å². The van der Waals surface area contributed by atoms with Crippen molar-refractivity contribution in [2.24, 2.45) is 5.73 Å². The fourth-order valence-corrected chi connectivity index (χ4v) is 3.60. The van der Waals surface area contributed by atoms with Crippen LogP contribution in [0.4, 0.5) is 0 Å². The molecule has 2 atom stereocenters. The quantitative estimate of drug-likeness (QED) is 0.360. The summed E-state index contributed by atoms with van der Waals surface area (Å²) < 4.78 is 10.5. The van der Waals surface area contributed by atoms with E-state index in [-0.39, 0.29) is 25.9 Å². The number of nitrogens with zero attached hydrogens (tertiary/aromatic N) is 1. The van der Waals surface area contributed by atoms with Gasteiger partial charge in [0.05, 0.1) is 13.2 Å². The third kappa shape index (κ3) is 6.78. The van der Waals surface area contributed by atoms with Gasteiger partial charge in [0.2, 0.25) is 5.91 Å². The Hall–Kier alpha value is -2.95. The summed E-state index contributed by atoms with van der Waals surface area (Å²) in [6.45, 7) is 3.77. The SMILES string of the molecule is N[C@H](CCC(=O)N[C@H](Cc1c[nH]c2ccccc12)C(=O)O)C(=O)OCCN1CCOCC1. The van der Waals surface area contributed by atoms with Crippen LogP contribution in [0.3, 0.4) is 0 Å². The van der Waals surface area contributed by atoms with Crippen LogP contribution < -0.4 is 11.1 Å². The number of rotatable bonds is 11. The Morgan fingerprint density at radius 3 is 2.75 bits per heavy atom. The molecule has 1 saturated heterocycles. The molecule has 1 aliphatic heterocycles. The summed E-state index contributed by atoms with van der Waals surface area (Å²) in [5.74, 6) is -2.18. The van der Waals surface area contributed by atoms with Crippen LogP contribution in [0.25, 0.3) is 10.9 Å². The molecule has 174 valence electrons. The van der Waals surface area contributed by atoms with Crippen molar-refractivity contribution in [3.8, 4) is 0 Å². The highest BCUT2D eigenvalue weighted by molar-refractivity contribution is 5.87. The number of H-pyrrole nitrogens is 1. The summed E-state index contributed by atoms with van der Waals surface area (Å²) in [7, 11) is 0. The maximum atomic E-state index is 12.3. The lowest BCUT2D eigenvalue weighted by Gasteiger charge is -2.26. The molecule has 1 fully saturated rings. The van der Waals surface area contributed by atoms with Crippen LogP contribution in [0.2, 0.25) is 0 Å². The molecule has 2 aromatic rings. The van der Waals surface area contributed by atoms with Crippen molar-refractivity contribution >= 4 is 28.7 Å². The Labute approximate surface area is 186 Å².